The van der Waals surface area contributed by atoms with E-state index >= 15 is 0 Å². The first kappa shape index (κ1) is 18.5. The molecule has 1 aromatic rings. The molecule has 146 valence electrons. The lowest BCUT2D eigenvalue weighted by molar-refractivity contribution is -0.143. The first-order valence-electron chi connectivity index (χ1n) is 10.5. The highest BCUT2D eigenvalue weighted by atomic mass is 16.2. The number of benzene rings is 1. The van der Waals surface area contributed by atoms with E-state index in [4.69, 9.17) is 0 Å². The Morgan fingerprint density at radius 3 is 2.26 bits per heavy atom. The number of amides is 2. The second-order valence-corrected chi connectivity index (χ2v) is 9.53. The van der Waals surface area contributed by atoms with Crippen LogP contribution in [-0.2, 0) is 15.0 Å². The summed E-state index contributed by atoms with van der Waals surface area (Å²) < 4.78 is 0. The third-order valence-corrected chi connectivity index (χ3v) is 7.61. The predicted molar refractivity (Wildman–Crippen MR) is 106 cm³/mol. The molecule has 1 spiro atoms. The fourth-order valence-electron chi connectivity index (χ4n) is 5.58. The average Bonchev–Trinajstić information content (AvgIpc) is 3.28. The van der Waals surface area contributed by atoms with Gasteiger partial charge in [0.15, 0.2) is 0 Å². The minimum atomic E-state index is -0.350. The largest absolute Gasteiger partial charge is 0.342 e. The summed E-state index contributed by atoms with van der Waals surface area (Å²) in [6, 6.07) is 10.3. The lowest BCUT2D eigenvalue weighted by atomic mass is 9.72. The summed E-state index contributed by atoms with van der Waals surface area (Å²) in [6.45, 7) is 9.83. The molecule has 27 heavy (non-hydrogen) atoms. The van der Waals surface area contributed by atoms with E-state index in [0.717, 1.165) is 51.9 Å². The average molecular weight is 369 g/mol. The number of hydrogen-bond acceptors (Lipinski definition) is 2. The van der Waals surface area contributed by atoms with Crippen molar-refractivity contribution in [1.29, 1.82) is 0 Å². The minimum Gasteiger partial charge on any atom is -0.342 e. The Morgan fingerprint density at radius 1 is 1.07 bits per heavy atom. The lowest BCUT2D eigenvalue weighted by Crippen LogP contribution is -2.53. The zero-order chi connectivity index (χ0) is 19.3. The molecule has 3 aliphatic rings. The third-order valence-electron chi connectivity index (χ3n) is 7.61. The van der Waals surface area contributed by atoms with E-state index in [2.05, 4.69) is 37.8 Å². The van der Waals surface area contributed by atoms with Gasteiger partial charge in [0.05, 0.1) is 5.41 Å². The number of likely N-dealkylation sites (tertiary alicyclic amines) is 2. The van der Waals surface area contributed by atoms with Gasteiger partial charge >= 0.3 is 0 Å². The predicted octanol–water partition coefficient (Wildman–Crippen LogP) is 3.61. The van der Waals surface area contributed by atoms with E-state index < -0.39 is 0 Å². The van der Waals surface area contributed by atoms with Gasteiger partial charge in [0.1, 0.15) is 0 Å². The fraction of sp³-hybridized carbons (Fsp3) is 0.652. The summed E-state index contributed by atoms with van der Waals surface area (Å²) in [6.07, 6.45) is 4.63. The molecule has 4 nitrogen and oxygen atoms in total. The molecule has 4 heteroatoms. The van der Waals surface area contributed by atoms with Gasteiger partial charge in [-0.3, -0.25) is 9.59 Å². The molecule has 0 radical (unpaired) electrons. The quantitative estimate of drug-likeness (QED) is 0.818. The van der Waals surface area contributed by atoms with Crippen molar-refractivity contribution in [3.8, 4) is 0 Å². The molecule has 0 bridgehead atoms. The Bertz CT molecular complexity index is 734. The van der Waals surface area contributed by atoms with Gasteiger partial charge < -0.3 is 9.80 Å². The van der Waals surface area contributed by atoms with Crippen LogP contribution in [0.25, 0.3) is 0 Å². The van der Waals surface area contributed by atoms with Gasteiger partial charge in [-0.2, -0.15) is 0 Å². The van der Waals surface area contributed by atoms with Crippen LogP contribution in [0.15, 0.2) is 30.3 Å². The van der Waals surface area contributed by atoms with E-state index in [-0.39, 0.29) is 16.2 Å². The number of hydrogen-bond donors (Lipinski definition) is 0. The van der Waals surface area contributed by atoms with Gasteiger partial charge in [-0.05, 0) is 49.0 Å². The van der Waals surface area contributed by atoms with Crippen LogP contribution < -0.4 is 0 Å². The van der Waals surface area contributed by atoms with Crippen molar-refractivity contribution >= 4 is 11.8 Å². The van der Waals surface area contributed by atoms with Gasteiger partial charge in [-0.1, -0.05) is 44.2 Å². The summed E-state index contributed by atoms with van der Waals surface area (Å²) in [5.41, 5.74) is 1.06. The van der Waals surface area contributed by atoms with Crippen LogP contribution in [-0.4, -0.2) is 47.8 Å². The Kier molecular flexibility index (Phi) is 4.36. The first-order valence-corrected chi connectivity index (χ1v) is 10.5. The molecule has 2 heterocycles. The Labute approximate surface area is 162 Å². The lowest BCUT2D eigenvalue weighted by Gasteiger charge is -2.48. The van der Waals surface area contributed by atoms with E-state index in [1.54, 1.807) is 0 Å². The number of carbonyl (C=O) groups is 2. The summed E-state index contributed by atoms with van der Waals surface area (Å²) in [7, 11) is 0. The summed E-state index contributed by atoms with van der Waals surface area (Å²) in [5, 5.41) is 0. The van der Waals surface area contributed by atoms with Crippen molar-refractivity contribution in [3.05, 3.63) is 35.9 Å². The van der Waals surface area contributed by atoms with Crippen LogP contribution in [0, 0.1) is 10.8 Å². The molecule has 1 unspecified atom stereocenters. The van der Waals surface area contributed by atoms with Crippen molar-refractivity contribution in [2.75, 3.05) is 26.2 Å². The SMILES string of the molecule is CCN1CC2(CCC1=O)CCN(C(=O)C1(c3ccccc3)CC1(C)C)CC2. The van der Waals surface area contributed by atoms with E-state index in [9.17, 15) is 9.59 Å². The summed E-state index contributed by atoms with van der Waals surface area (Å²) in [4.78, 5) is 29.8. The molecule has 1 aliphatic carbocycles. The molecular formula is C23H32N2O2. The zero-order valence-corrected chi connectivity index (χ0v) is 17.0. The number of nitrogens with zero attached hydrogens (tertiary/aromatic N) is 2. The van der Waals surface area contributed by atoms with Crippen molar-refractivity contribution in [2.24, 2.45) is 10.8 Å². The second kappa shape index (κ2) is 6.35. The normalized spacial score (nSPS) is 29.1. The molecule has 1 saturated carbocycles. The number of carbonyl (C=O) groups excluding carboxylic acids is 2. The number of rotatable bonds is 3. The monoisotopic (exact) mass is 368 g/mol. The molecule has 1 aromatic carbocycles. The third kappa shape index (κ3) is 2.88. The molecule has 2 aliphatic heterocycles. The van der Waals surface area contributed by atoms with E-state index in [1.165, 1.54) is 5.56 Å². The Hall–Kier alpha value is -1.84. The maximum absolute atomic E-state index is 13.6. The summed E-state index contributed by atoms with van der Waals surface area (Å²) >= 11 is 0. The molecule has 0 N–H and O–H groups in total. The van der Waals surface area contributed by atoms with Crippen molar-refractivity contribution in [2.45, 2.75) is 58.3 Å². The van der Waals surface area contributed by atoms with Crippen molar-refractivity contribution < 1.29 is 9.59 Å². The van der Waals surface area contributed by atoms with Crippen molar-refractivity contribution in [3.63, 3.8) is 0 Å². The highest BCUT2D eigenvalue weighted by Crippen LogP contribution is 2.65. The highest BCUT2D eigenvalue weighted by molar-refractivity contribution is 5.93. The van der Waals surface area contributed by atoms with Gasteiger partial charge in [-0.25, -0.2) is 0 Å². The molecular weight excluding hydrogens is 336 g/mol. The molecule has 0 aromatic heterocycles. The standard InChI is InChI=1S/C23H32N2O2/c1-4-24-17-22(11-10-19(24)26)12-14-25(15-13-22)20(27)23(16-21(23,2)3)18-8-6-5-7-9-18/h5-9H,4,10-17H2,1-3H3. The highest BCUT2D eigenvalue weighted by Gasteiger charge is 2.68. The van der Waals surface area contributed by atoms with Crippen molar-refractivity contribution in [1.82, 2.24) is 9.80 Å². The zero-order valence-electron chi connectivity index (χ0n) is 17.0. The van der Waals surface area contributed by atoms with Crippen LogP contribution >= 0.6 is 0 Å². The smallest absolute Gasteiger partial charge is 0.233 e. The van der Waals surface area contributed by atoms with E-state index in [1.807, 2.05) is 23.1 Å². The van der Waals surface area contributed by atoms with Gasteiger partial charge in [0, 0.05) is 32.6 Å². The maximum atomic E-state index is 13.6. The van der Waals surface area contributed by atoms with Gasteiger partial charge in [0.25, 0.3) is 0 Å². The molecule has 3 fully saturated rings. The Balaban J connectivity index is 1.48. The minimum absolute atomic E-state index is 0.0246. The second-order valence-electron chi connectivity index (χ2n) is 9.53. The molecule has 2 amide bonds. The molecule has 2 saturated heterocycles. The van der Waals surface area contributed by atoms with Crippen LogP contribution in [0.3, 0.4) is 0 Å². The van der Waals surface area contributed by atoms with Crippen LogP contribution in [0.5, 0.6) is 0 Å². The topological polar surface area (TPSA) is 40.6 Å². The van der Waals surface area contributed by atoms with Crippen LogP contribution in [0.2, 0.25) is 0 Å². The van der Waals surface area contributed by atoms with E-state index in [0.29, 0.717) is 18.2 Å². The number of piperidine rings is 2. The first-order chi connectivity index (χ1) is 12.8. The van der Waals surface area contributed by atoms with Crippen LogP contribution in [0.1, 0.15) is 58.4 Å². The maximum Gasteiger partial charge on any atom is 0.233 e. The summed E-state index contributed by atoms with van der Waals surface area (Å²) in [5.74, 6) is 0.608. The van der Waals surface area contributed by atoms with Gasteiger partial charge in [0.2, 0.25) is 11.8 Å². The van der Waals surface area contributed by atoms with Gasteiger partial charge in [-0.15, -0.1) is 0 Å². The van der Waals surface area contributed by atoms with Crippen LogP contribution in [0.4, 0.5) is 0 Å². The molecule has 1 atom stereocenters. The fourth-order valence-corrected chi connectivity index (χ4v) is 5.58. The Morgan fingerprint density at radius 2 is 1.70 bits per heavy atom. The molecule has 4 rings (SSSR count).